The van der Waals surface area contributed by atoms with Crippen LogP contribution in [0.25, 0.3) is 0 Å². The van der Waals surface area contributed by atoms with Crippen LogP contribution in [0.15, 0.2) is 23.3 Å². The predicted molar refractivity (Wildman–Crippen MR) is 53.0 cm³/mol. The molecule has 1 rings (SSSR count). The second-order valence-electron chi connectivity index (χ2n) is 2.29. The van der Waals surface area contributed by atoms with E-state index in [-0.39, 0.29) is 11.1 Å². The average molecular weight is 210 g/mol. The van der Waals surface area contributed by atoms with Gasteiger partial charge in [0.15, 0.2) is 0 Å². The maximum atomic E-state index is 8.43. The highest BCUT2D eigenvalue weighted by Gasteiger charge is 2.09. The first-order valence-electron chi connectivity index (χ1n) is 4.00. The number of aliphatic imine (C=N–C) groups is 1. The second-order valence-corrected chi connectivity index (χ2v) is 2.65. The Morgan fingerprint density at radius 3 is 3.14 bits per heavy atom. The van der Waals surface area contributed by atoms with Gasteiger partial charge in [0, 0.05) is 6.20 Å². The Kier molecular flexibility index (Phi) is 3.89. The molecule has 1 aromatic rings. The van der Waals surface area contributed by atoms with Crippen molar-refractivity contribution in [3.05, 3.63) is 29.0 Å². The van der Waals surface area contributed by atoms with Crippen molar-refractivity contribution >= 4 is 17.5 Å². The van der Waals surface area contributed by atoms with Gasteiger partial charge in [-0.15, -0.1) is 4.99 Å². The van der Waals surface area contributed by atoms with Gasteiger partial charge in [-0.05, 0) is 19.1 Å². The van der Waals surface area contributed by atoms with Crippen molar-refractivity contribution in [2.45, 2.75) is 6.92 Å². The molecule has 0 saturated heterocycles. The molecular formula is C9H8ClN3O. The lowest BCUT2D eigenvalue weighted by Gasteiger charge is -2.05. The maximum Gasteiger partial charge on any atom is 0.234 e. The third kappa shape index (κ3) is 2.44. The van der Waals surface area contributed by atoms with Crippen LogP contribution in [0.3, 0.4) is 0 Å². The lowest BCUT2D eigenvalue weighted by molar-refractivity contribution is 0.329. The zero-order valence-electron chi connectivity index (χ0n) is 7.57. The van der Waals surface area contributed by atoms with E-state index in [4.69, 9.17) is 21.6 Å². The van der Waals surface area contributed by atoms with Crippen LogP contribution in [0.2, 0.25) is 5.15 Å². The lowest BCUT2D eigenvalue weighted by Crippen LogP contribution is -2.07. The second kappa shape index (κ2) is 5.20. The van der Waals surface area contributed by atoms with Gasteiger partial charge in [-0.25, -0.2) is 4.98 Å². The van der Waals surface area contributed by atoms with Gasteiger partial charge in [0.05, 0.1) is 12.2 Å². The number of nitriles is 1. The number of rotatable bonds is 2. The van der Waals surface area contributed by atoms with Crippen LogP contribution in [-0.4, -0.2) is 17.5 Å². The van der Waals surface area contributed by atoms with E-state index in [9.17, 15) is 0 Å². The van der Waals surface area contributed by atoms with Gasteiger partial charge in [0.1, 0.15) is 5.15 Å². The predicted octanol–water partition coefficient (Wildman–Crippen LogP) is 2.00. The van der Waals surface area contributed by atoms with E-state index >= 15 is 0 Å². The summed E-state index contributed by atoms with van der Waals surface area (Å²) in [4.78, 5) is 7.38. The van der Waals surface area contributed by atoms with Gasteiger partial charge in [-0.2, -0.15) is 5.26 Å². The van der Waals surface area contributed by atoms with Crippen molar-refractivity contribution in [3.8, 4) is 6.19 Å². The molecule has 0 atom stereocenters. The molecule has 0 aliphatic rings. The number of hydrogen-bond donors (Lipinski definition) is 0. The minimum atomic E-state index is 0.202. The van der Waals surface area contributed by atoms with Crippen molar-refractivity contribution in [2.75, 3.05) is 6.61 Å². The van der Waals surface area contributed by atoms with E-state index in [1.54, 1.807) is 31.4 Å². The molecule has 14 heavy (non-hydrogen) atoms. The Balaban J connectivity index is 3.07. The molecule has 0 aliphatic carbocycles. The molecule has 72 valence electrons. The summed E-state index contributed by atoms with van der Waals surface area (Å²) < 4.78 is 5.15. The number of nitrogens with zero attached hydrogens (tertiary/aromatic N) is 3. The first-order chi connectivity index (χ1) is 6.79. The molecule has 0 spiro atoms. The Hall–Kier alpha value is -1.60. The van der Waals surface area contributed by atoms with Gasteiger partial charge in [-0.1, -0.05) is 11.6 Å². The quantitative estimate of drug-likeness (QED) is 0.324. The van der Waals surface area contributed by atoms with E-state index in [0.29, 0.717) is 12.2 Å². The minimum Gasteiger partial charge on any atom is -0.477 e. The summed E-state index contributed by atoms with van der Waals surface area (Å²) in [6.45, 7) is 2.23. The molecule has 0 saturated carbocycles. The van der Waals surface area contributed by atoms with E-state index in [1.807, 2.05) is 0 Å². The topological polar surface area (TPSA) is 58.3 Å². The van der Waals surface area contributed by atoms with Crippen LogP contribution in [0.4, 0.5) is 0 Å². The third-order valence-corrected chi connectivity index (χ3v) is 1.72. The third-order valence-electron chi connectivity index (χ3n) is 1.42. The van der Waals surface area contributed by atoms with Crippen molar-refractivity contribution in [1.29, 1.82) is 5.26 Å². The van der Waals surface area contributed by atoms with Crippen LogP contribution in [0.1, 0.15) is 12.5 Å². The van der Waals surface area contributed by atoms with E-state index in [1.165, 1.54) is 0 Å². The molecule has 0 N–H and O–H groups in total. The molecular weight excluding hydrogens is 202 g/mol. The summed E-state index contributed by atoms with van der Waals surface area (Å²) in [5.74, 6) is 0.202. The Bertz CT molecular complexity index is 384. The van der Waals surface area contributed by atoms with Gasteiger partial charge in [-0.3, -0.25) is 0 Å². The van der Waals surface area contributed by atoms with E-state index < -0.39 is 0 Å². The Morgan fingerprint density at radius 2 is 2.57 bits per heavy atom. The molecule has 0 aliphatic heterocycles. The highest BCUT2D eigenvalue weighted by molar-refractivity contribution is 6.32. The number of halogens is 1. The monoisotopic (exact) mass is 209 g/mol. The molecule has 0 unspecified atom stereocenters. The van der Waals surface area contributed by atoms with Gasteiger partial charge < -0.3 is 4.74 Å². The molecule has 0 fully saturated rings. The number of pyridine rings is 1. The normalized spacial score (nSPS) is 10.8. The standard InChI is InChI=1S/C9H8ClN3O/c1-2-14-9(13-6-11)7-4-3-5-12-8(7)10/h3-5H,2H2,1H3. The van der Waals surface area contributed by atoms with Crippen molar-refractivity contribution in [1.82, 2.24) is 4.98 Å². The molecule has 1 heterocycles. The van der Waals surface area contributed by atoms with Crippen LogP contribution < -0.4 is 0 Å². The SMILES string of the molecule is CCOC(=NC#N)c1cccnc1Cl. The summed E-state index contributed by atoms with van der Waals surface area (Å²) in [5, 5.41) is 8.71. The number of aromatic nitrogens is 1. The Labute approximate surface area is 86.8 Å². The summed E-state index contributed by atoms with van der Waals surface area (Å²) >= 11 is 5.81. The first-order valence-corrected chi connectivity index (χ1v) is 4.37. The minimum absolute atomic E-state index is 0.202. The van der Waals surface area contributed by atoms with Gasteiger partial charge in [0.25, 0.3) is 0 Å². The fourth-order valence-electron chi connectivity index (χ4n) is 0.898. The van der Waals surface area contributed by atoms with Crippen molar-refractivity contribution in [3.63, 3.8) is 0 Å². The summed E-state index contributed by atoms with van der Waals surface area (Å²) in [7, 11) is 0. The summed E-state index contributed by atoms with van der Waals surface area (Å²) in [5.41, 5.74) is 0.526. The highest BCUT2D eigenvalue weighted by Crippen LogP contribution is 2.13. The number of ether oxygens (including phenoxy) is 1. The number of hydrogen-bond acceptors (Lipinski definition) is 4. The highest BCUT2D eigenvalue weighted by atomic mass is 35.5. The largest absolute Gasteiger partial charge is 0.477 e. The first kappa shape index (κ1) is 10.5. The Morgan fingerprint density at radius 1 is 1.79 bits per heavy atom. The van der Waals surface area contributed by atoms with Crippen molar-refractivity contribution < 1.29 is 4.74 Å². The fraction of sp³-hybridized carbons (Fsp3) is 0.222. The van der Waals surface area contributed by atoms with Crippen LogP contribution in [-0.2, 0) is 4.74 Å². The van der Waals surface area contributed by atoms with Crippen molar-refractivity contribution in [2.24, 2.45) is 4.99 Å². The summed E-state index contributed by atoms with van der Waals surface area (Å²) in [6.07, 6.45) is 3.21. The fourth-order valence-corrected chi connectivity index (χ4v) is 1.10. The zero-order chi connectivity index (χ0) is 10.4. The molecule has 5 heteroatoms. The lowest BCUT2D eigenvalue weighted by atomic mass is 10.3. The van der Waals surface area contributed by atoms with Gasteiger partial charge >= 0.3 is 0 Å². The van der Waals surface area contributed by atoms with Crippen LogP contribution >= 0.6 is 11.6 Å². The zero-order valence-corrected chi connectivity index (χ0v) is 8.32. The molecule has 0 radical (unpaired) electrons. The smallest absolute Gasteiger partial charge is 0.234 e. The molecule has 1 aromatic heterocycles. The molecule has 0 aromatic carbocycles. The molecule has 0 bridgehead atoms. The van der Waals surface area contributed by atoms with Gasteiger partial charge in [0.2, 0.25) is 12.1 Å². The maximum absolute atomic E-state index is 8.43. The van der Waals surface area contributed by atoms with Crippen LogP contribution in [0.5, 0.6) is 0 Å². The van der Waals surface area contributed by atoms with Crippen LogP contribution in [0, 0.1) is 11.5 Å². The van der Waals surface area contributed by atoms with E-state index in [2.05, 4.69) is 9.98 Å². The molecule has 4 nitrogen and oxygen atoms in total. The van der Waals surface area contributed by atoms with E-state index in [0.717, 1.165) is 0 Å². The average Bonchev–Trinajstić information content (AvgIpc) is 2.18. The molecule has 0 amide bonds. The summed E-state index contributed by atoms with van der Waals surface area (Å²) in [6, 6.07) is 3.40.